The molecule has 0 radical (unpaired) electrons. The molecule has 0 bridgehead atoms. The number of nitrogens with one attached hydrogen (secondary N) is 1. The van der Waals surface area contributed by atoms with Crippen molar-refractivity contribution in [3.05, 3.63) is 89.5 Å². The van der Waals surface area contributed by atoms with Crippen molar-refractivity contribution in [2.24, 2.45) is 0 Å². The molecule has 6 heteroatoms. The first-order valence-electron chi connectivity index (χ1n) is 10.0. The van der Waals surface area contributed by atoms with E-state index in [-0.39, 0.29) is 11.8 Å². The van der Waals surface area contributed by atoms with Crippen molar-refractivity contribution in [2.75, 3.05) is 16.8 Å². The van der Waals surface area contributed by atoms with Crippen molar-refractivity contribution < 1.29 is 14.3 Å². The molecule has 2 amide bonds. The smallest absolute Gasteiger partial charge is 0.265 e. The zero-order valence-corrected chi connectivity index (χ0v) is 17.0. The zero-order chi connectivity index (χ0) is 21.8. The number of hydrogen-bond donors (Lipinski definition) is 1. The lowest BCUT2D eigenvalue weighted by Gasteiger charge is -2.18. The average Bonchev–Trinajstić information content (AvgIpc) is 3.24. The van der Waals surface area contributed by atoms with Crippen LogP contribution in [0.1, 0.15) is 28.4 Å². The lowest BCUT2D eigenvalue weighted by Crippen LogP contribution is -2.30. The Kier molecular flexibility index (Phi) is 5.67. The third-order valence-corrected chi connectivity index (χ3v) is 5.20. The minimum atomic E-state index is -0.727. The summed E-state index contributed by atoms with van der Waals surface area (Å²) in [4.78, 5) is 27.1. The van der Waals surface area contributed by atoms with E-state index >= 15 is 0 Å². The molecular weight excluding hydrogens is 390 g/mol. The first-order valence-corrected chi connectivity index (χ1v) is 10.0. The van der Waals surface area contributed by atoms with E-state index in [0.29, 0.717) is 29.1 Å². The number of ether oxygens (including phenoxy) is 1. The summed E-state index contributed by atoms with van der Waals surface area (Å²) in [6.45, 7) is 2.32. The molecule has 0 aliphatic carbocycles. The number of carbonyl (C=O) groups excluding carboxylic acids is 2. The number of para-hydroxylation sites is 1. The normalized spacial score (nSPS) is 13.1. The van der Waals surface area contributed by atoms with Crippen LogP contribution in [0.3, 0.4) is 0 Å². The summed E-state index contributed by atoms with van der Waals surface area (Å²) < 4.78 is 5.63. The van der Waals surface area contributed by atoms with E-state index in [1.54, 1.807) is 60.4 Å². The maximum absolute atomic E-state index is 12.9. The molecule has 1 heterocycles. The number of anilines is 2. The Morgan fingerprint density at radius 3 is 2.45 bits per heavy atom. The van der Waals surface area contributed by atoms with Crippen LogP contribution in [0.25, 0.3) is 0 Å². The monoisotopic (exact) mass is 411 g/mol. The van der Waals surface area contributed by atoms with Crippen molar-refractivity contribution in [3.8, 4) is 11.8 Å². The fraction of sp³-hybridized carbons (Fsp3) is 0.160. The fourth-order valence-electron chi connectivity index (χ4n) is 3.51. The molecule has 0 saturated carbocycles. The Morgan fingerprint density at radius 1 is 1.03 bits per heavy atom. The van der Waals surface area contributed by atoms with E-state index in [0.717, 1.165) is 12.1 Å². The molecule has 3 aromatic carbocycles. The largest absolute Gasteiger partial charge is 0.481 e. The number of carbonyl (C=O) groups is 2. The van der Waals surface area contributed by atoms with Gasteiger partial charge in [-0.2, -0.15) is 5.26 Å². The van der Waals surface area contributed by atoms with E-state index in [1.165, 1.54) is 5.56 Å². The first kappa shape index (κ1) is 20.2. The van der Waals surface area contributed by atoms with E-state index in [9.17, 15) is 9.59 Å². The number of fused-ring (bicyclic) bond motifs is 1. The molecular formula is C25H21N3O3. The highest BCUT2D eigenvalue weighted by Gasteiger charge is 2.25. The summed E-state index contributed by atoms with van der Waals surface area (Å²) in [5.74, 6) is 0.144. The van der Waals surface area contributed by atoms with Crippen molar-refractivity contribution in [2.45, 2.75) is 19.4 Å². The molecule has 1 unspecified atom stereocenters. The predicted molar refractivity (Wildman–Crippen MR) is 118 cm³/mol. The van der Waals surface area contributed by atoms with Gasteiger partial charge in [-0.05, 0) is 73.5 Å². The molecule has 6 nitrogen and oxygen atoms in total. The van der Waals surface area contributed by atoms with Crippen LogP contribution in [0.5, 0.6) is 5.75 Å². The number of hydrogen-bond acceptors (Lipinski definition) is 4. The second-order valence-corrected chi connectivity index (χ2v) is 7.30. The second-order valence-electron chi connectivity index (χ2n) is 7.30. The molecule has 3 aromatic rings. The summed E-state index contributed by atoms with van der Waals surface area (Å²) in [6, 6.07) is 23.4. The van der Waals surface area contributed by atoms with Gasteiger partial charge in [0.1, 0.15) is 5.75 Å². The summed E-state index contributed by atoms with van der Waals surface area (Å²) in [5, 5.41) is 11.6. The molecule has 0 spiro atoms. The predicted octanol–water partition coefficient (Wildman–Crippen LogP) is 4.17. The van der Waals surface area contributed by atoms with E-state index in [1.807, 2.05) is 30.3 Å². The van der Waals surface area contributed by atoms with Gasteiger partial charge in [0.25, 0.3) is 11.8 Å². The van der Waals surface area contributed by atoms with Gasteiger partial charge in [0.05, 0.1) is 11.6 Å². The molecule has 0 fully saturated rings. The second kappa shape index (κ2) is 8.72. The zero-order valence-electron chi connectivity index (χ0n) is 17.0. The van der Waals surface area contributed by atoms with Gasteiger partial charge in [0, 0.05) is 23.5 Å². The molecule has 0 saturated heterocycles. The summed E-state index contributed by atoms with van der Waals surface area (Å²) in [6.07, 6.45) is 0.128. The molecule has 31 heavy (non-hydrogen) atoms. The Morgan fingerprint density at radius 2 is 1.74 bits per heavy atom. The Labute approximate surface area is 180 Å². The summed E-state index contributed by atoms with van der Waals surface area (Å²) in [7, 11) is 0. The van der Waals surface area contributed by atoms with Crippen LogP contribution >= 0.6 is 0 Å². The van der Waals surface area contributed by atoms with E-state index in [2.05, 4.69) is 5.32 Å². The lowest BCUT2D eigenvalue weighted by atomic mass is 10.1. The number of nitrogens with zero attached hydrogens (tertiary/aromatic N) is 2. The fourth-order valence-corrected chi connectivity index (χ4v) is 3.51. The van der Waals surface area contributed by atoms with Gasteiger partial charge in [-0.25, -0.2) is 0 Å². The molecule has 1 aliphatic heterocycles. The van der Waals surface area contributed by atoms with Crippen LogP contribution in [-0.4, -0.2) is 24.5 Å². The molecule has 0 aromatic heterocycles. The van der Waals surface area contributed by atoms with Crippen LogP contribution in [0.2, 0.25) is 0 Å². The highest BCUT2D eigenvalue weighted by atomic mass is 16.5. The SMILES string of the molecule is CC(Oc1ccc(C#N)cc1)C(=O)Nc1ccc(C(=O)N2CCc3ccccc32)cc1. The molecule has 1 atom stereocenters. The van der Waals surface area contributed by atoms with Gasteiger partial charge >= 0.3 is 0 Å². The maximum Gasteiger partial charge on any atom is 0.265 e. The summed E-state index contributed by atoms with van der Waals surface area (Å²) >= 11 is 0. The Balaban J connectivity index is 1.37. The van der Waals surface area contributed by atoms with Crippen molar-refractivity contribution in [3.63, 3.8) is 0 Å². The van der Waals surface area contributed by atoms with Gasteiger partial charge in [0.15, 0.2) is 6.10 Å². The number of rotatable bonds is 5. The van der Waals surface area contributed by atoms with Gasteiger partial charge in [0.2, 0.25) is 0 Å². The van der Waals surface area contributed by atoms with Gasteiger partial charge in [-0.1, -0.05) is 18.2 Å². The van der Waals surface area contributed by atoms with Crippen molar-refractivity contribution >= 4 is 23.2 Å². The number of benzene rings is 3. The Bertz CT molecular complexity index is 1150. The molecule has 4 rings (SSSR count). The standard InChI is InChI=1S/C25H21N3O3/c1-17(31-22-12-6-18(16-26)7-13-22)24(29)27-21-10-8-20(9-11-21)25(30)28-15-14-19-4-2-3-5-23(19)28/h2-13,17H,14-15H2,1H3,(H,27,29). The van der Waals surface area contributed by atoms with Crippen LogP contribution in [-0.2, 0) is 11.2 Å². The lowest BCUT2D eigenvalue weighted by molar-refractivity contribution is -0.122. The minimum absolute atomic E-state index is 0.0552. The van der Waals surface area contributed by atoms with Crippen molar-refractivity contribution in [1.29, 1.82) is 5.26 Å². The molecule has 1 N–H and O–H groups in total. The molecule has 154 valence electrons. The van der Waals surface area contributed by atoms with Gasteiger partial charge in [-0.3, -0.25) is 9.59 Å². The summed E-state index contributed by atoms with van der Waals surface area (Å²) in [5.41, 5.74) is 3.81. The van der Waals surface area contributed by atoms with Gasteiger partial charge in [-0.15, -0.1) is 0 Å². The maximum atomic E-state index is 12.9. The minimum Gasteiger partial charge on any atom is -0.481 e. The van der Waals surface area contributed by atoms with Crippen molar-refractivity contribution in [1.82, 2.24) is 0 Å². The van der Waals surface area contributed by atoms with Crippen LogP contribution in [0, 0.1) is 11.3 Å². The third-order valence-electron chi connectivity index (χ3n) is 5.20. The van der Waals surface area contributed by atoms with E-state index < -0.39 is 6.10 Å². The van der Waals surface area contributed by atoms with Crippen LogP contribution in [0.4, 0.5) is 11.4 Å². The topological polar surface area (TPSA) is 82.4 Å². The average molecular weight is 411 g/mol. The Hall–Kier alpha value is -4.11. The molecule has 1 aliphatic rings. The third kappa shape index (κ3) is 4.41. The first-order chi connectivity index (χ1) is 15.0. The van der Waals surface area contributed by atoms with Crippen LogP contribution < -0.4 is 15.0 Å². The highest BCUT2D eigenvalue weighted by molar-refractivity contribution is 6.07. The van der Waals surface area contributed by atoms with Crippen LogP contribution in [0.15, 0.2) is 72.8 Å². The highest BCUT2D eigenvalue weighted by Crippen LogP contribution is 2.29. The quantitative estimate of drug-likeness (QED) is 0.683. The number of nitriles is 1. The van der Waals surface area contributed by atoms with E-state index in [4.69, 9.17) is 10.00 Å². The number of amides is 2. The van der Waals surface area contributed by atoms with Gasteiger partial charge < -0.3 is 15.0 Å².